The van der Waals surface area contributed by atoms with Crippen molar-refractivity contribution in [2.24, 2.45) is 0 Å². The van der Waals surface area contributed by atoms with Crippen LogP contribution in [0.4, 0.5) is 17.1 Å². The van der Waals surface area contributed by atoms with Crippen molar-refractivity contribution < 1.29 is 0 Å². The highest BCUT2D eigenvalue weighted by molar-refractivity contribution is 6.22. The van der Waals surface area contributed by atoms with Crippen molar-refractivity contribution in [2.75, 3.05) is 4.90 Å². The number of hydrogen-bond acceptors (Lipinski definition) is 1. The van der Waals surface area contributed by atoms with Gasteiger partial charge in [0.05, 0.1) is 16.7 Å². The molecule has 0 aliphatic rings. The van der Waals surface area contributed by atoms with Crippen LogP contribution >= 0.6 is 0 Å². The first-order chi connectivity index (χ1) is 23.8. The van der Waals surface area contributed by atoms with Crippen molar-refractivity contribution in [3.05, 3.63) is 194 Å². The molecule has 2 heteroatoms. The van der Waals surface area contributed by atoms with Gasteiger partial charge in [-0.3, -0.25) is 0 Å². The predicted octanol–water partition coefficient (Wildman–Crippen LogP) is 12.7. The molecule has 0 saturated carbocycles. The molecule has 0 N–H and O–H groups in total. The summed E-state index contributed by atoms with van der Waals surface area (Å²) in [4.78, 5) is 2.42. The van der Waals surface area contributed by atoms with Crippen LogP contribution in [0.3, 0.4) is 0 Å². The summed E-state index contributed by atoms with van der Waals surface area (Å²) in [6.45, 7) is 0. The topological polar surface area (TPSA) is 8.17 Å². The molecule has 9 aromatic rings. The van der Waals surface area contributed by atoms with E-state index in [-0.39, 0.29) is 0 Å². The van der Waals surface area contributed by atoms with E-state index in [1.807, 2.05) is 0 Å². The Bertz CT molecular complexity index is 2430. The molecule has 1 heterocycles. The van der Waals surface area contributed by atoms with Crippen molar-refractivity contribution in [2.45, 2.75) is 0 Å². The van der Waals surface area contributed by atoms with Crippen molar-refractivity contribution in [1.29, 1.82) is 0 Å². The van der Waals surface area contributed by atoms with Gasteiger partial charge >= 0.3 is 0 Å². The minimum absolute atomic E-state index is 1.11. The second kappa shape index (κ2) is 11.8. The van der Waals surface area contributed by atoms with E-state index >= 15 is 0 Å². The van der Waals surface area contributed by atoms with Crippen LogP contribution in [0.5, 0.6) is 0 Å². The number of anilines is 3. The van der Waals surface area contributed by atoms with Crippen molar-refractivity contribution in [1.82, 2.24) is 4.57 Å². The standard InChI is InChI=1S/C46H32N2/c1-4-13-33(14-5-1)35-23-28-39(29-24-35)47(40-30-25-36(26-31-40)34-15-6-2-7-16-34)44-22-12-17-37-27-32-42-41-20-10-11-21-43(41)48(46(42)45(37)44)38-18-8-3-9-19-38/h1-32H. The Morgan fingerprint density at radius 1 is 0.354 bits per heavy atom. The van der Waals surface area contributed by atoms with E-state index < -0.39 is 0 Å². The van der Waals surface area contributed by atoms with Gasteiger partial charge in [0, 0.05) is 33.2 Å². The third-order valence-electron chi connectivity index (χ3n) is 9.38. The number of fused-ring (bicyclic) bond motifs is 5. The van der Waals surface area contributed by atoms with Gasteiger partial charge in [-0.15, -0.1) is 0 Å². The molecule has 0 unspecified atom stereocenters. The first-order valence-electron chi connectivity index (χ1n) is 16.4. The fourth-order valence-corrected chi connectivity index (χ4v) is 7.13. The number of rotatable bonds is 6. The summed E-state index contributed by atoms with van der Waals surface area (Å²) < 4.78 is 2.44. The highest BCUT2D eigenvalue weighted by Crippen LogP contribution is 2.45. The lowest BCUT2D eigenvalue weighted by Gasteiger charge is -2.28. The Kier molecular flexibility index (Phi) is 6.84. The maximum atomic E-state index is 2.44. The van der Waals surface area contributed by atoms with Gasteiger partial charge in [-0.2, -0.15) is 0 Å². The highest BCUT2D eigenvalue weighted by atomic mass is 15.1. The maximum absolute atomic E-state index is 2.44. The van der Waals surface area contributed by atoms with Gasteiger partial charge in [-0.1, -0.05) is 146 Å². The zero-order chi connectivity index (χ0) is 31.9. The van der Waals surface area contributed by atoms with Crippen LogP contribution in [0, 0.1) is 0 Å². The monoisotopic (exact) mass is 612 g/mol. The fraction of sp³-hybridized carbons (Fsp3) is 0. The molecule has 8 aromatic carbocycles. The van der Waals surface area contributed by atoms with Crippen molar-refractivity contribution >= 4 is 49.6 Å². The summed E-state index contributed by atoms with van der Waals surface area (Å²) in [7, 11) is 0. The van der Waals surface area contributed by atoms with Crippen LogP contribution in [0.1, 0.15) is 0 Å². The zero-order valence-electron chi connectivity index (χ0n) is 26.4. The smallest absolute Gasteiger partial charge is 0.0640 e. The predicted molar refractivity (Wildman–Crippen MR) is 204 cm³/mol. The quantitative estimate of drug-likeness (QED) is 0.181. The summed E-state index contributed by atoms with van der Waals surface area (Å²) in [6, 6.07) is 69.8. The van der Waals surface area contributed by atoms with E-state index in [1.165, 1.54) is 54.8 Å². The van der Waals surface area contributed by atoms with Crippen LogP contribution in [-0.2, 0) is 0 Å². The van der Waals surface area contributed by atoms with Gasteiger partial charge in [0.15, 0.2) is 0 Å². The first-order valence-corrected chi connectivity index (χ1v) is 16.4. The lowest BCUT2D eigenvalue weighted by molar-refractivity contribution is 1.18. The fourth-order valence-electron chi connectivity index (χ4n) is 7.13. The minimum atomic E-state index is 1.11. The van der Waals surface area contributed by atoms with E-state index in [0.29, 0.717) is 0 Å². The zero-order valence-corrected chi connectivity index (χ0v) is 26.4. The summed E-state index contributed by atoms with van der Waals surface area (Å²) in [5.41, 5.74) is 11.7. The van der Waals surface area contributed by atoms with Crippen LogP contribution in [-0.4, -0.2) is 4.57 Å². The third kappa shape index (κ3) is 4.74. The Morgan fingerprint density at radius 3 is 1.48 bits per heavy atom. The van der Waals surface area contributed by atoms with Gasteiger partial charge in [-0.05, 0) is 76.2 Å². The van der Waals surface area contributed by atoms with E-state index in [4.69, 9.17) is 0 Å². The molecule has 1 aromatic heterocycles. The average Bonchev–Trinajstić information content (AvgIpc) is 3.51. The molecule has 0 spiro atoms. The van der Waals surface area contributed by atoms with E-state index in [1.54, 1.807) is 0 Å². The number of aromatic nitrogens is 1. The SMILES string of the molecule is c1ccc(-c2ccc(N(c3ccc(-c4ccccc4)cc3)c3cccc4ccc5c6ccccc6n(-c6ccccc6)c5c34)cc2)cc1. The van der Waals surface area contributed by atoms with E-state index in [0.717, 1.165) is 22.7 Å². The van der Waals surface area contributed by atoms with Crippen LogP contribution in [0.25, 0.3) is 60.5 Å². The van der Waals surface area contributed by atoms with Gasteiger partial charge in [-0.25, -0.2) is 0 Å². The maximum Gasteiger partial charge on any atom is 0.0640 e. The molecular weight excluding hydrogens is 581 g/mol. The largest absolute Gasteiger partial charge is 0.310 e. The van der Waals surface area contributed by atoms with Gasteiger partial charge < -0.3 is 9.47 Å². The second-order valence-corrected chi connectivity index (χ2v) is 12.2. The number of nitrogens with zero attached hydrogens (tertiary/aromatic N) is 2. The van der Waals surface area contributed by atoms with Crippen molar-refractivity contribution in [3.8, 4) is 27.9 Å². The second-order valence-electron chi connectivity index (χ2n) is 12.2. The molecule has 0 aliphatic heterocycles. The van der Waals surface area contributed by atoms with E-state index in [2.05, 4.69) is 204 Å². The van der Waals surface area contributed by atoms with Crippen LogP contribution in [0.2, 0.25) is 0 Å². The average molecular weight is 613 g/mol. The van der Waals surface area contributed by atoms with Crippen LogP contribution in [0.15, 0.2) is 194 Å². The summed E-state index contributed by atoms with van der Waals surface area (Å²) in [5.74, 6) is 0. The molecule has 9 rings (SSSR count). The Balaban J connectivity index is 1.32. The Morgan fingerprint density at radius 2 is 0.875 bits per heavy atom. The van der Waals surface area contributed by atoms with E-state index in [9.17, 15) is 0 Å². The van der Waals surface area contributed by atoms with Crippen molar-refractivity contribution in [3.63, 3.8) is 0 Å². The third-order valence-corrected chi connectivity index (χ3v) is 9.38. The molecule has 0 radical (unpaired) electrons. The number of hydrogen-bond donors (Lipinski definition) is 0. The lowest BCUT2D eigenvalue weighted by atomic mass is 10.0. The van der Waals surface area contributed by atoms with Gasteiger partial charge in [0.2, 0.25) is 0 Å². The lowest BCUT2D eigenvalue weighted by Crippen LogP contribution is -2.11. The molecule has 0 bridgehead atoms. The summed E-state index contributed by atoms with van der Waals surface area (Å²) >= 11 is 0. The summed E-state index contributed by atoms with van der Waals surface area (Å²) in [5, 5.41) is 4.91. The number of benzene rings is 8. The molecule has 0 fully saturated rings. The Hall–Kier alpha value is -6.38. The molecule has 2 nitrogen and oxygen atoms in total. The summed E-state index contributed by atoms with van der Waals surface area (Å²) in [6.07, 6.45) is 0. The molecule has 226 valence electrons. The molecule has 0 saturated heterocycles. The van der Waals surface area contributed by atoms with Crippen LogP contribution < -0.4 is 4.90 Å². The molecule has 0 amide bonds. The number of para-hydroxylation sites is 2. The highest BCUT2D eigenvalue weighted by Gasteiger charge is 2.21. The van der Waals surface area contributed by atoms with Gasteiger partial charge in [0.1, 0.15) is 0 Å². The molecule has 0 atom stereocenters. The molecular formula is C46H32N2. The van der Waals surface area contributed by atoms with Gasteiger partial charge in [0.25, 0.3) is 0 Å². The molecule has 48 heavy (non-hydrogen) atoms. The minimum Gasteiger partial charge on any atom is -0.310 e. The Labute approximate surface area is 280 Å². The normalized spacial score (nSPS) is 11.3. The first kappa shape index (κ1) is 27.9. The molecule has 0 aliphatic carbocycles.